The van der Waals surface area contributed by atoms with Crippen LogP contribution >= 0.6 is 0 Å². The van der Waals surface area contributed by atoms with Gasteiger partial charge in [-0.3, -0.25) is 4.90 Å². The van der Waals surface area contributed by atoms with Gasteiger partial charge >= 0.3 is 0 Å². The number of likely N-dealkylation sites (tertiary alicyclic amines) is 1. The summed E-state index contributed by atoms with van der Waals surface area (Å²) in [4.78, 5) is 2.28. The van der Waals surface area contributed by atoms with Crippen molar-refractivity contribution < 1.29 is 9.47 Å². The molecule has 0 spiro atoms. The standard InChI is InChI=1S/C10H20BNO2/c1-7-8(5-11)12(2)9(6-13-3)10(7)14-4/h7-10H,5-6H2,1-4H3. The highest BCUT2D eigenvalue weighted by Gasteiger charge is 2.43. The smallest absolute Gasteiger partial charge is 0.0788 e. The molecule has 4 atom stereocenters. The average molecular weight is 197 g/mol. The molecular formula is C10H20BNO2. The Morgan fingerprint density at radius 3 is 2.36 bits per heavy atom. The van der Waals surface area contributed by atoms with Gasteiger partial charge in [-0.05, 0) is 13.0 Å². The molecule has 4 unspecified atom stereocenters. The Morgan fingerprint density at radius 1 is 1.29 bits per heavy atom. The van der Waals surface area contributed by atoms with Crippen molar-refractivity contribution >= 4 is 7.85 Å². The SMILES string of the molecule is [B]CC1C(C)C(OC)C(COC)N1C. The van der Waals surface area contributed by atoms with Crippen molar-refractivity contribution in [1.29, 1.82) is 0 Å². The zero-order valence-electron chi connectivity index (χ0n) is 9.56. The van der Waals surface area contributed by atoms with E-state index in [1.807, 2.05) is 0 Å². The van der Waals surface area contributed by atoms with Crippen LogP contribution in [0.5, 0.6) is 0 Å². The highest BCUT2D eigenvalue weighted by atomic mass is 16.5. The first kappa shape index (κ1) is 12.0. The van der Waals surface area contributed by atoms with Crippen LogP contribution in [0.15, 0.2) is 0 Å². The van der Waals surface area contributed by atoms with Gasteiger partial charge in [-0.1, -0.05) is 13.2 Å². The summed E-state index contributed by atoms with van der Waals surface area (Å²) >= 11 is 0. The Bertz CT molecular complexity index is 180. The summed E-state index contributed by atoms with van der Waals surface area (Å²) in [5, 5.41) is 0. The van der Waals surface area contributed by atoms with Crippen molar-refractivity contribution in [3.63, 3.8) is 0 Å². The second-order valence-corrected chi connectivity index (χ2v) is 4.05. The van der Waals surface area contributed by atoms with Gasteiger partial charge in [-0.2, -0.15) is 0 Å². The van der Waals surface area contributed by atoms with E-state index in [2.05, 4.69) is 18.9 Å². The lowest BCUT2D eigenvalue weighted by atomic mass is 9.88. The van der Waals surface area contributed by atoms with Crippen LogP contribution in [0.2, 0.25) is 6.32 Å². The molecule has 14 heavy (non-hydrogen) atoms. The molecule has 0 saturated carbocycles. The van der Waals surface area contributed by atoms with Gasteiger partial charge in [0.05, 0.1) is 26.6 Å². The lowest BCUT2D eigenvalue weighted by Crippen LogP contribution is -2.39. The van der Waals surface area contributed by atoms with E-state index in [4.69, 9.17) is 17.3 Å². The number of hydrogen-bond donors (Lipinski definition) is 0. The van der Waals surface area contributed by atoms with Crippen molar-refractivity contribution in [2.24, 2.45) is 5.92 Å². The minimum Gasteiger partial charge on any atom is -0.383 e. The van der Waals surface area contributed by atoms with E-state index in [0.717, 1.165) is 0 Å². The predicted molar refractivity (Wildman–Crippen MR) is 57.7 cm³/mol. The van der Waals surface area contributed by atoms with E-state index in [0.29, 0.717) is 30.9 Å². The molecule has 0 aromatic carbocycles. The molecular weight excluding hydrogens is 177 g/mol. The van der Waals surface area contributed by atoms with E-state index < -0.39 is 0 Å². The van der Waals surface area contributed by atoms with Crippen LogP contribution in [0.1, 0.15) is 6.92 Å². The number of methoxy groups -OCH3 is 2. The highest BCUT2D eigenvalue weighted by Crippen LogP contribution is 2.32. The molecule has 0 N–H and O–H groups in total. The number of hydrogen-bond acceptors (Lipinski definition) is 3. The molecule has 0 aromatic heterocycles. The number of rotatable bonds is 4. The second kappa shape index (κ2) is 5.15. The van der Waals surface area contributed by atoms with Crippen molar-refractivity contribution in [2.45, 2.75) is 31.4 Å². The van der Waals surface area contributed by atoms with Crippen LogP contribution in [0.25, 0.3) is 0 Å². The molecule has 80 valence electrons. The van der Waals surface area contributed by atoms with Crippen LogP contribution < -0.4 is 0 Å². The summed E-state index contributed by atoms with van der Waals surface area (Å²) in [7, 11) is 11.3. The van der Waals surface area contributed by atoms with E-state index in [1.165, 1.54) is 0 Å². The first-order chi connectivity index (χ1) is 6.67. The molecule has 1 rings (SSSR count). The van der Waals surface area contributed by atoms with Crippen molar-refractivity contribution in [1.82, 2.24) is 4.90 Å². The maximum absolute atomic E-state index is 5.75. The first-order valence-electron chi connectivity index (χ1n) is 5.11. The van der Waals surface area contributed by atoms with Gasteiger partial charge in [0.1, 0.15) is 0 Å². The molecule has 4 heteroatoms. The van der Waals surface area contributed by atoms with E-state index in [9.17, 15) is 0 Å². The molecule has 1 fully saturated rings. The Hall–Kier alpha value is -0.0551. The van der Waals surface area contributed by atoms with Gasteiger partial charge in [0.15, 0.2) is 0 Å². The fraction of sp³-hybridized carbons (Fsp3) is 1.00. The van der Waals surface area contributed by atoms with Crippen LogP contribution in [0.3, 0.4) is 0 Å². The predicted octanol–water partition coefficient (Wildman–Crippen LogP) is 0.553. The third kappa shape index (κ3) is 1.97. The Kier molecular flexibility index (Phi) is 4.42. The van der Waals surface area contributed by atoms with Crippen LogP contribution in [-0.2, 0) is 9.47 Å². The van der Waals surface area contributed by atoms with Gasteiger partial charge in [-0.25, -0.2) is 0 Å². The lowest BCUT2D eigenvalue weighted by molar-refractivity contribution is 0.0181. The molecule has 2 radical (unpaired) electrons. The topological polar surface area (TPSA) is 21.7 Å². The third-order valence-electron chi connectivity index (χ3n) is 3.40. The third-order valence-corrected chi connectivity index (χ3v) is 3.40. The van der Waals surface area contributed by atoms with E-state index in [1.54, 1.807) is 14.2 Å². The molecule has 3 nitrogen and oxygen atoms in total. The minimum absolute atomic E-state index is 0.230. The molecule has 1 aliphatic rings. The van der Waals surface area contributed by atoms with E-state index >= 15 is 0 Å². The van der Waals surface area contributed by atoms with E-state index in [-0.39, 0.29) is 6.10 Å². The fourth-order valence-corrected chi connectivity index (χ4v) is 2.55. The van der Waals surface area contributed by atoms with Crippen LogP contribution in [0.4, 0.5) is 0 Å². The normalized spacial score (nSPS) is 39.1. The summed E-state index contributed by atoms with van der Waals surface area (Å²) < 4.78 is 10.7. The molecule has 1 aliphatic heterocycles. The summed E-state index contributed by atoms with van der Waals surface area (Å²) in [5.74, 6) is 0.468. The number of ether oxygens (including phenoxy) is 2. The maximum atomic E-state index is 5.75. The molecule has 1 saturated heterocycles. The van der Waals surface area contributed by atoms with Crippen LogP contribution in [-0.4, -0.2) is 58.8 Å². The average Bonchev–Trinajstić information content (AvgIpc) is 2.39. The Morgan fingerprint density at radius 2 is 1.93 bits per heavy atom. The molecule has 0 aromatic rings. The quantitative estimate of drug-likeness (QED) is 0.614. The number of nitrogens with zero attached hydrogens (tertiary/aromatic N) is 1. The van der Waals surface area contributed by atoms with Crippen LogP contribution in [0, 0.1) is 5.92 Å². The molecule has 0 aliphatic carbocycles. The van der Waals surface area contributed by atoms with Gasteiger partial charge in [0.2, 0.25) is 0 Å². The molecule has 0 amide bonds. The van der Waals surface area contributed by atoms with Gasteiger partial charge < -0.3 is 9.47 Å². The van der Waals surface area contributed by atoms with Gasteiger partial charge in [0.25, 0.3) is 0 Å². The Labute approximate surface area is 88.2 Å². The molecule has 0 bridgehead atoms. The second-order valence-electron chi connectivity index (χ2n) is 4.05. The Balaban J connectivity index is 2.72. The first-order valence-corrected chi connectivity index (χ1v) is 5.11. The maximum Gasteiger partial charge on any atom is 0.0788 e. The minimum atomic E-state index is 0.230. The highest BCUT2D eigenvalue weighted by molar-refractivity contribution is 6.09. The largest absolute Gasteiger partial charge is 0.383 e. The van der Waals surface area contributed by atoms with Gasteiger partial charge in [0, 0.05) is 20.3 Å². The zero-order valence-corrected chi connectivity index (χ0v) is 9.56. The summed E-state index contributed by atoms with van der Waals surface area (Å²) in [5.41, 5.74) is 0. The van der Waals surface area contributed by atoms with Crippen molar-refractivity contribution in [3.05, 3.63) is 0 Å². The van der Waals surface area contributed by atoms with Crippen molar-refractivity contribution in [2.75, 3.05) is 27.9 Å². The van der Waals surface area contributed by atoms with Crippen molar-refractivity contribution in [3.8, 4) is 0 Å². The summed E-state index contributed by atoms with van der Waals surface area (Å²) in [6.45, 7) is 2.90. The summed E-state index contributed by atoms with van der Waals surface area (Å²) in [6, 6.07) is 0.730. The monoisotopic (exact) mass is 197 g/mol. The fourth-order valence-electron chi connectivity index (χ4n) is 2.55. The zero-order chi connectivity index (χ0) is 10.7. The number of likely N-dealkylation sites (N-methyl/N-ethyl adjacent to an activating group) is 1. The lowest BCUT2D eigenvalue weighted by Gasteiger charge is -2.25. The summed E-state index contributed by atoms with van der Waals surface area (Å²) in [6.07, 6.45) is 0.908. The molecule has 1 heterocycles. The van der Waals surface area contributed by atoms with Gasteiger partial charge in [-0.15, -0.1) is 0 Å².